The Morgan fingerprint density at radius 3 is 1.25 bits per heavy atom. The van der Waals surface area contributed by atoms with Gasteiger partial charge in [0.05, 0.1) is 22.4 Å². The van der Waals surface area contributed by atoms with Crippen molar-refractivity contribution < 1.29 is 14.0 Å². The predicted octanol–water partition coefficient (Wildman–Crippen LogP) is 3.12. The maximum Gasteiger partial charge on any atom is 0.118 e. The van der Waals surface area contributed by atoms with Gasteiger partial charge in [-0.3, -0.25) is 0 Å². The standard InChI is InChI=1S/C15H17O3P.ClH/c1-16-12-4-8-14(9-5-12)19(18-3)15-10-6-13(17-2)7-11-15;/h4-11H,1-3H3;1H. The summed E-state index contributed by atoms with van der Waals surface area (Å²) in [6.07, 6.45) is 0. The Bertz CT molecular complexity index is 466. The van der Waals surface area contributed by atoms with Gasteiger partial charge in [0.1, 0.15) is 11.5 Å². The summed E-state index contributed by atoms with van der Waals surface area (Å²) in [4.78, 5) is 0. The van der Waals surface area contributed by atoms with Gasteiger partial charge in [-0.1, -0.05) is 0 Å². The average Bonchev–Trinajstić information content (AvgIpc) is 2.49. The Morgan fingerprint density at radius 2 is 1.00 bits per heavy atom. The molecule has 108 valence electrons. The number of halogens is 1. The molecule has 0 saturated carbocycles. The predicted molar refractivity (Wildman–Crippen MR) is 86.4 cm³/mol. The second-order valence-corrected chi connectivity index (χ2v) is 5.86. The first-order valence-corrected chi connectivity index (χ1v) is 7.17. The highest BCUT2D eigenvalue weighted by molar-refractivity contribution is 7.68. The first-order valence-electron chi connectivity index (χ1n) is 5.91. The van der Waals surface area contributed by atoms with Gasteiger partial charge in [0.2, 0.25) is 0 Å². The van der Waals surface area contributed by atoms with E-state index in [0.29, 0.717) is 0 Å². The van der Waals surface area contributed by atoms with Gasteiger partial charge in [-0.2, -0.15) is 0 Å². The van der Waals surface area contributed by atoms with Gasteiger partial charge in [-0.05, 0) is 48.5 Å². The zero-order valence-electron chi connectivity index (χ0n) is 11.7. The van der Waals surface area contributed by atoms with Crippen molar-refractivity contribution in [3.8, 4) is 11.5 Å². The van der Waals surface area contributed by atoms with E-state index in [2.05, 4.69) is 0 Å². The van der Waals surface area contributed by atoms with Crippen molar-refractivity contribution in [3.05, 3.63) is 48.5 Å². The number of hydrogen-bond acceptors (Lipinski definition) is 3. The van der Waals surface area contributed by atoms with Crippen LogP contribution in [0.4, 0.5) is 0 Å². The van der Waals surface area contributed by atoms with E-state index >= 15 is 0 Å². The molecule has 0 atom stereocenters. The van der Waals surface area contributed by atoms with Gasteiger partial charge < -0.3 is 14.0 Å². The smallest absolute Gasteiger partial charge is 0.118 e. The van der Waals surface area contributed by atoms with Crippen LogP contribution in [-0.4, -0.2) is 21.3 Å². The molecule has 2 aromatic carbocycles. The van der Waals surface area contributed by atoms with Crippen LogP contribution in [0.25, 0.3) is 0 Å². The molecule has 0 bridgehead atoms. The van der Waals surface area contributed by atoms with E-state index in [0.717, 1.165) is 22.1 Å². The van der Waals surface area contributed by atoms with E-state index < -0.39 is 8.15 Å². The summed E-state index contributed by atoms with van der Waals surface area (Å²) >= 11 is 0. The summed E-state index contributed by atoms with van der Waals surface area (Å²) in [7, 11) is 4.27. The summed E-state index contributed by atoms with van der Waals surface area (Å²) in [5.74, 6) is 1.70. The van der Waals surface area contributed by atoms with Crippen LogP contribution in [0.15, 0.2) is 48.5 Å². The van der Waals surface area contributed by atoms with Crippen LogP contribution >= 0.6 is 20.6 Å². The molecule has 20 heavy (non-hydrogen) atoms. The Labute approximate surface area is 127 Å². The lowest BCUT2D eigenvalue weighted by Gasteiger charge is -2.16. The molecule has 0 radical (unpaired) electrons. The summed E-state index contributed by atoms with van der Waals surface area (Å²) in [5.41, 5.74) is 0. The molecule has 0 aliphatic carbocycles. The highest BCUT2D eigenvalue weighted by Gasteiger charge is 2.13. The first-order chi connectivity index (χ1) is 9.28. The Morgan fingerprint density at radius 1 is 0.650 bits per heavy atom. The third-order valence-corrected chi connectivity index (χ3v) is 4.70. The number of hydrogen-bond donors (Lipinski definition) is 0. The SMILES string of the molecule is COc1ccc(P(OC)c2ccc(OC)cc2)cc1.Cl. The fraction of sp³-hybridized carbons (Fsp3) is 0.200. The Balaban J connectivity index is 0.00000200. The summed E-state index contributed by atoms with van der Waals surface area (Å²) < 4.78 is 16.0. The maximum atomic E-state index is 5.65. The topological polar surface area (TPSA) is 27.7 Å². The molecule has 0 amide bonds. The molecular weight excluding hydrogens is 295 g/mol. The average molecular weight is 313 g/mol. The molecule has 2 aromatic rings. The van der Waals surface area contributed by atoms with Gasteiger partial charge in [0, 0.05) is 17.7 Å². The van der Waals surface area contributed by atoms with Crippen LogP contribution in [-0.2, 0) is 4.52 Å². The summed E-state index contributed by atoms with van der Waals surface area (Å²) in [6.45, 7) is 0. The second kappa shape index (κ2) is 8.11. The van der Waals surface area contributed by atoms with Crippen LogP contribution in [0.2, 0.25) is 0 Å². The van der Waals surface area contributed by atoms with Crippen LogP contribution in [0, 0.1) is 0 Å². The molecule has 0 heterocycles. The molecule has 0 N–H and O–H groups in total. The lowest BCUT2D eigenvalue weighted by atomic mass is 10.3. The van der Waals surface area contributed by atoms with Crippen LogP contribution in [0.3, 0.4) is 0 Å². The molecule has 2 rings (SSSR count). The highest BCUT2D eigenvalue weighted by Crippen LogP contribution is 2.34. The van der Waals surface area contributed by atoms with E-state index in [9.17, 15) is 0 Å². The number of methoxy groups -OCH3 is 2. The molecule has 3 nitrogen and oxygen atoms in total. The minimum absolute atomic E-state index is 0. The van der Waals surface area contributed by atoms with Gasteiger partial charge in [-0.15, -0.1) is 12.4 Å². The van der Waals surface area contributed by atoms with E-state index in [1.54, 1.807) is 21.3 Å². The zero-order valence-corrected chi connectivity index (χ0v) is 13.4. The third-order valence-electron chi connectivity index (χ3n) is 2.80. The van der Waals surface area contributed by atoms with E-state index in [1.807, 2.05) is 48.5 Å². The fourth-order valence-electron chi connectivity index (χ4n) is 1.80. The minimum atomic E-state index is -0.795. The number of benzene rings is 2. The van der Waals surface area contributed by atoms with Crippen molar-refractivity contribution in [2.75, 3.05) is 21.3 Å². The van der Waals surface area contributed by atoms with Crippen molar-refractivity contribution in [1.82, 2.24) is 0 Å². The van der Waals surface area contributed by atoms with E-state index in [4.69, 9.17) is 14.0 Å². The quantitative estimate of drug-likeness (QED) is 0.794. The molecular formula is C15H18ClO3P. The summed E-state index contributed by atoms with van der Waals surface area (Å²) in [6, 6.07) is 16.0. The largest absolute Gasteiger partial charge is 0.497 e. The van der Waals surface area contributed by atoms with Crippen LogP contribution in [0.5, 0.6) is 11.5 Å². The molecule has 0 spiro atoms. The lowest BCUT2D eigenvalue weighted by Crippen LogP contribution is -2.12. The van der Waals surface area contributed by atoms with Crippen molar-refractivity contribution in [2.45, 2.75) is 0 Å². The normalized spacial score (nSPS) is 10.0. The van der Waals surface area contributed by atoms with Crippen molar-refractivity contribution in [3.63, 3.8) is 0 Å². The molecule has 5 heteroatoms. The maximum absolute atomic E-state index is 5.65. The van der Waals surface area contributed by atoms with Crippen molar-refractivity contribution >= 4 is 31.2 Å². The Kier molecular flexibility index (Phi) is 6.80. The van der Waals surface area contributed by atoms with Gasteiger partial charge in [0.15, 0.2) is 0 Å². The van der Waals surface area contributed by atoms with Crippen molar-refractivity contribution in [2.24, 2.45) is 0 Å². The van der Waals surface area contributed by atoms with Crippen LogP contribution in [0.1, 0.15) is 0 Å². The van der Waals surface area contributed by atoms with E-state index in [1.165, 1.54) is 0 Å². The van der Waals surface area contributed by atoms with Gasteiger partial charge >= 0.3 is 0 Å². The van der Waals surface area contributed by atoms with Gasteiger partial charge in [-0.25, -0.2) is 0 Å². The highest BCUT2D eigenvalue weighted by atomic mass is 35.5. The fourth-order valence-corrected chi connectivity index (χ4v) is 3.35. The number of rotatable bonds is 5. The van der Waals surface area contributed by atoms with Gasteiger partial charge in [0.25, 0.3) is 0 Å². The Hall–Kier alpha value is -1.28. The molecule has 0 aliphatic heterocycles. The molecule has 0 unspecified atom stereocenters. The second-order valence-electron chi connectivity index (χ2n) is 3.87. The lowest BCUT2D eigenvalue weighted by molar-refractivity contribution is 0.415. The van der Waals surface area contributed by atoms with Crippen molar-refractivity contribution in [1.29, 1.82) is 0 Å². The number of ether oxygens (including phenoxy) is 2. The minimum Gasteiger partial charge on any atom is -0.497 e. The molecule has 0 saturated heterocycles. The van der Waals surface area contributed by atoms with E-state index in [-0.39, 0.29) is 12.4 Å². The molecule has 0 fully saturated rings. The zero-order chi connectivity index (χ0) is 13.7. The molecule has 0 aliphatic rings. The first kappa shape index (κ1) is 16.8. The summed E-state index contributed by atoms with van der Waals surface area (Å²) in [5, 5.41) is 2.31. The van der Waals surface area contributed by atoms with Crippen LogP contribution < -0.4 is 20.1 Å². The third kappa shape index (κ3) is 3.86. The monoisotopic (exact) mass is 312 g/mol. The molecule has 0 aromatic heterocycles.